The second-order valence-corrected chi connectivity index (χ2v) is 6.44. The standard InChI is InChI=1S/C14H20N2O3S/c1-12(15-20(18,19)16(2)3)14-9-6-8-13(11-14)7-4-5-10-17/h6,8-9,11-12,15,17H,5,10H2,1-3H3. The van der Waals surface area contributed by atoms with Gasteiger partial charge in [-0.3, -0.25) is 0 Å². The molecule has 0 spiro atoms. The Bertz CT molecular complexity index is 600. The van der Waals surface area contributed by atoms with Gasteiger partial charge in [0, 0.05) is 32.1 Å². The van der Waals surface area contributed by atoms with Gasteiger partial charge in [-0.2, -0.15) is 17.4 Å². The molecule has 0 aliphatic heterocycles. The SMILES string of the molecule is CC(NS(=O)(=O)N(C)C)c1cccc(C#CCCO)c1. The fraction of sp³-hybridized carbons (Fsp3) is 0.429. The molecule has 0 heterocycles. The minimum Gasteiger partial charge on any atom is -0.395 e. The molecule has 0 aromatic heterocycles. The van der Waals surface area contributed by atoms with E-state index < -0.39 is 10.2 Å². The molecule has 0 radical (unpaired) electrons. The second-order valence-electron chi connectivity index (χ2n) is 4.53. The first-order valence-corrected chi connectivity index (χ1v) is 7.70. The summed E-state index contributed by atoms with van der Waals surface area (Å²) in [6.45, 7) is 1.81. The molecular formula is C14H20N2O3S. The number of nitrogens with zero attached hydrogens (tertiary/aromatic N) is 1. The summed E-state index contributed by atoms with van der Waals surface area (Å²) in [7, 11) is -0.509. The molecule has 110 valence electrons. The third-order valence-electron chi connectivity index (χ3n) is 2.66. The molecular weight excluding hydrogens is 276 g/mol. The molecule has 1 rings (SSSR count). The van der Waals surface area contributed by atoms with Crippen LogP contribution in [0.2, 0.25) is 0 Å². The topological polar surface area (TPSA) is 69.6 Å². The van der Waals surface area contributed by atoms with E-state index in [4.69, 9.17) is 5.11 Å². The number of hydrogen-bond acceptors (Lipinski definition) is 3. The summed E-state index contributed by atoms with van der Waals surface area (Å²) in [5.41, 5.74) is 1.64. The summed E-state index contributed by atoms with van der Waals surface area (Å²) in [5.74, 6) is 5.77. The maximum atomic E-state index is 11.8. The summed E-state index contributed by atoms with van der Waals surface area (Å²) < 4.78 is 27.2. The summed E-state index contributed by atoms with van der Waals surface area (Å²) in [6, 6.07) is 7.02. The van der Waals surface area contributed by atoms with Gasteiger partial charge in [0.25, 0.3) is 10.2 Å². The fourth-order valence-corrected chi connectivity index (χ4v) is 2.30. The van der Waals surface area contributed by atoms with E-state index in [1.165, 1.54) is 14.1 Å². The van der Waals surface area contributed by atoms with Crippen LogP contribution in [0.1, 0.15) is 30.5 Å². The van der Waals surface area contributed by atoms with E-state index >= 15 is 0 Å². The van der Waals surface area contributed by atoms with Crippen molar-refractivity contribution < 1.29 is 13.5 Å². The number of nitrogens with one attached hydrogen (secondary N) is 1. The molecule has 0 fully saturated rings. The second kappa shape index (κ2) is 7.41. The van der Waals surface area contributed by atoms with Crippen LogP contribution in [0.25, 0.3) is 0 Å². The van der Waals surface area contributed by atoms with E-state index in [0.717, 1.165) is 15.4 Å². The van der Waals surface area contributed by atoms with Gasteiger partial charge >= 0.3 is 0 Å². The van der Waals surface area contributed by atoms with Crippen molar-refractivity contribution in [1.82, 2.24) is 9.03 Å². The summed E-state index contributed by atoms with van der Waals surface area (Å²) in [4.78, 5) is 0. The van der Waals surface area contributed by atoms with Crippen LogP contribution < -0.4 is 4.72 Å². The Morgan fingerprint density at radius 3 is 2.70 bits per heavy atom. The van der Waals surface area contributed by atoms with Gasteiger partial charge in [0.15, 0.2) is 0 Å². The molecule has 5 nitrogen and oxygen atoms in total. The summed E-state index contributed by atoms with van der Waals surface area (Å²) in [5, 5.41) is 8.68. The highest BCUT2D eigenvalue weighted by Gasteiger charge is 2.17. The smallest absolute Gasteiger partial charge is 0.279 e. The lowest BCUT2D eigenvalue weighted by atomic mass is 10.1. The first-order valence-electron chi connectivity index (χ1n) is 6.26. The largest absolute Gasteiger partial charge is 0.395 e. The van der Waals surface area contributed by atoms with Gasteiger partial charge in [-0.1, -0.05) is 24.0 Å². The zero-order valence-corrected chi connectivity index (χ0v) is 12.7. The lowest BCUT2D eigenvalue weighted by Crippen LogP contribution is -2.37. The fourth-order valence-electron chi connectivity index (χ4n) is 1.50. The van der Waals surface area contributed by atoms with Crippen LogP contribution in [0.4, 0.5) is 0 Å². The van der Waals surface area contributed by atoms with Crippen LogP contribution in [0.15, 0.2) is 24.3 Å². The third-order valence-corrected chi connectivity index (χ3v) is 4.28. The van der Waals surface area contributed by atoms with Crippen LogP contribution in [0.3, 0.4) is 0 Å². The number of benzene rings is 1. The molecule has 0 amide bonds. The molecule has 1 aromatic carbocycles. The Morgan fingerprint density at radius 1 is 1.40 bits per heavy atom. The highest BCUT2D eigenvalue weighted by atomic mass is 32.2. The molecule has 0 saturated heterocycles. The van der Waals surface area contributed by atoms with Crippen molar-refractivity contribution in [3.05, 3.63) is 35.4 Å². The molecule has 1 aromatic rings. The number of aliphatic hydroxyl groups excluding tert-OH is 1. The van der Waals surface area contributed by atoms with Gasteiger partial charge in [0.05, 0.1) is 6.61 Å². The maximum Gasteiger partial charge on any atom is 0.279 e. The monoisotopic (exact) mass is 296 g/mol. The Hall–Kier alpha value is -1.39. The number of aliphatic hydroxyl groups is 1. The van der Waals surface area contributed by atoms with Crippen LogP contribution in [-0.2, 0) is 10.2 Å². The van der Waals surface area contributed by atoms with Gasteiger partial charge < -0.3 is 5.11 Å². The van der Waals surface area contributed by atoms with Crippen LogP contribution >= 0.6 is 0 Å². The minimum atomic E-state index is -3.47. The van der Waals surface area contributed by atoms with Crippen LogP contribution in [-0.4, -0.2) is 38.5 Å². The summed E-state index contributed by atoms with van der Waals surface area (Å²) >= 11 is 0. The lowest BCUT2D eigenvalue weighted by Gasteiger charge is -2.18. The normalized spacial score (nSPS) is 12.8. The third kappa shape index (κ3) is 4.94. The quantitative estimate of drug-likeness (QED) is 0.792. The van der Waals surface area contributed by atoms with Gasteiger partial charge in [-0.25, -0.2) is 0 Å². The number of rotatable bonds is 5. The van der Waals surface area contributed by atoms with Crippen molar-refractivity contribution in [2.24, 2.45) is 0 Å². The van der Waals surface area contributed by atoms with E-state index in [9.17, 15) is 8.42 Å². The van der Waals surface area contributed by atoms with Gasteiger partial charge in [0.2, 0.25) is 0 Å². The highest BCUT2D eigenvalue weighted by molar-refractivity contribution is 7.87. The highest BCUT2D eigenvalue weighted by Crippen LogP contribution is 2.15. The molecule has 1 unspecified atom stereocenters. The van der Waals surface area contributed by atoms with E-state index in [1.54, 1.807) is 6.92 Å². The van der Waals surface area contributed by atoms with Crippen molar-refractivity contribution in [1.29, 1.82) is 0 Å². The van der Waals surface area contributed by atoms with E-state index in [2.05, 4.69) is 16.6 Å². The van der Waals surface area contributed by atoms with E-state index in [-0.39, 0.29) is 12.6 Å². The molecule has 20 heavy (non-hydrogen) atoms. The Morgan fingerprint density at radius 2 is 2.10 bits per heavy atom. The Balaban J connectivity index is 2.87. The van der Waals surface area contributed by atoms with Crippen molar-refractivity contribution >= 4 is 10.2 Å². The molecule has 0 bridgehead atoms. The van der Waals surface area contributed by atoms with Crippen molar-refractivity contribution in [2.45, 2.75) is 19.4 Å². The van der Waals surface area contributed by atoms with Crippen LogP contribution in [0.5, 0.6) is 0 Å². The van der Waals surface area contributed by atoms with Gasteiger partial charge in [0.1, 0.15) is 0 Å². The average Bonchev–Trinajstić information content (AvgIpc) is 2.38. The Labute approximate surface area is 120 Å². The Kier molecular flexibility index (Phi) is 6.17. The van der Waals surface area contributed by atoms with E-state index in [1.807, 2.05) is 24.3 Å². The molecule has 0 saturated carbocycles. The van der Waals surface area contributed by atoms with Crippen molar-refractivity contribution in [2.75, 3.05) is 20.7 Å². The zero-order chi connectivity index (χ0) is 15.2. The minimum absolute atomic E-state index is 0.0335. The van der Waals surface area contributed by atoms with Crippen molar-refractivity contribution in [3.8, 4) is 11.8 Å². The molecule has 0 aliphatic carbocycles. The predicted molar refractivity (Wildman–Crippen MR) is 79.2 cm³/mol. The van der Waals surface area contributed by atoms with E-state index in [0.29, 0.717) is 6.42 Å². The zero-order valence-electron chi connectivity index (χ0n) is 11.9. The average molecular weight is 296 g/mol. The van der Waals surface area contributed by atoms with Crippen LogP contribution in [0, 0.1) is 11.8 Å². The first-order chi connectivity index (χ1) is 9.36. The molecule has 1 atom stereocenters. The summed E-state index contributed by atoms with van der Waals surface area (Å²) in [6.07, 6.45) is 0.424. The maximum absolute atomic E-state index is 11.8. The number of hydrogen-bond donors (Lipinski definition) is 2. The predicted octanol–water partition coefficient (Wildman–Crippen LogP) is 0.877. The molecule has 2 N–H and O–H groups in total. The first kappa shape index (κ1) is 16.7. The van der Waals surface area contributed by atoms with Gasteiger partial charge in [-0.15, -0.1) is 0 Å². The van der Waals surface area contributed by atoms with Gasteiger partial charge in [-0.05, 0) is 24.6 Å². The molecule has 6 heteroatoms. The lowest BCUT2D eigenvalue weighted by molar-refractivity contribution is 0.305. The molecule has 0 aliphatic rings. The van der Waals surface area contributed by atoms with Crippen molar-refractivity contribution in [3.63, 3.8) is 0 Å².